The number of aliphatic imine (C=N–C) groups is 1. The normalized spacial score (nSPS) is 16.8. The molecular weight excluding hydrogens is 140 g/mol. The van der Waals surface area contributed by atoms with Crippen LogP contribution in [-0.4, -0.2) is 42.1 Å². The van der Waals surface area contributed by atoms with E-state index < -0.39 is 0 Å². The maximum Gasteiger partial charge on any atom is 0.0850 e. The van der Waals surface area contributed by atoms with E-state index in [-0.39, 0.29) is 12.1 Å². The van der Waals surface area contributed by atoms with Crippen molar-refractivity contribution >= 4 is 6.34 Å². The van der Waals surface area contributed by atoms with Crippen LogP contribution in [0.1, 0.15) is 20.8 Å². The molecule has 0 bridgehead atoms. The summed E-state index contributed by atoms with van der Waals surface area (Å²) in [5.74, 6) is 0. The van der Waals surface area contributed by atoms with Crippen LogP contribution in [0, 0.1) is 0 Å². The lowest BCUT2D eigenvalue weighted by atomic mass is 10.2. The molecule has 0 fully saturated rings. The van der Waals surface area contributed by atoms with Crippen LogP contribution < -0.4 is 0 Å². The van der Waals surface area contributed by atoms with Gasteiger partial charge in [0.1, 0.15) is 0 Å². The van der Waals surface area contributed by atoms with Gasteiger partial charge in [0.05, 0.1) is 18.5 Å². The van der Waals surface area contributed by atoms with Crippen molar-refractivity contribution in [3.8, 4) is 0 Å². The molecule has 66 valence electrons. The highest BCUT2D eigenvalue weighted by molar-refractivity contribution is 5.54. The fourth-order valence-electron chi connectivity index (χ4n) is 0.656. The number of nitrogens with zero attached hydrogens (tertiary/aromatic N) is 2. The molecule has 1 N–H and O–H groups in total. The van der Waals surface area contributed by atoms with E-state index in [1.54, 1.807) is 13.3 Å². The van der Waals surface area contributed by atoms with Gasteiger partial charge in [-0.25, -0.2) is 0 Å². The summed E-state index contributed by atoms with van der Waals surface area (Å²) in [5.41, 5.74) is 0. The quantitative estimate of drug-likeness (QED) is 0.484. The maximum absolute atomic E-state index is 9.19. The first-order valence-corrected chi connectivity index (χ1v) is 3.99. The first-order valence-electron chi connectivity index (χ1n) is 3.99. The van der Waals surface area contributed by atoms with E-state index in [2.05, 4.69) is 4.99 Å². The molecule has 1 unspecified atom stereocenters. The fraction of sp³-hybridized carbons (Fsp3) is 0.875. The molecule has 0 aliphatic carbocycles. The van der Waals surface area contributed by atoms with Gasteiger partial charge >= 0.3 is 0 Å². The van der Waals surface area contributed by atoms with E-state index in [0.29, 0.717) is 0 Å². The van der Waals surface area contributed by atoms with Gasteiger partial charge in [0, 0.05) is 13.6 Å². The smallest absolute Gasteiger partial charge is 0.0850 e. The molecule has 0 saturated heterocycles. The van der Waals surface area contributed by atoms with Gasteiger partial charge in [-0.2, -0.15) is 0 Å². The Balaban J connectivity index is 3.81. The SMILES string of the molecule is CC/N=C\N(C)[C@H](C)C(C)O. The van der Waals surface area contributed by atoms with E-state index in [1.807, 2.05) is 25.8 Å². The summed E-state index contributed by atoms with van der Waals surface area (Å²) in [4.78, 5) is 5.98. The topological polar surface area (TPSA) is 35.8 Å². The molecule has 2 atom stereocenters. The van der Waals surface area contributed by atoms with Crippen molar-refractivity contribution in [1.82, 2.24) is 4.90 Å². The van der Waals surface area contributed by atoms with Crippen molar-refractivity contribution in [3.05, 3.63) is 0 Å². The first-order chi connectivity index (χ1) is 5.09. The highest BCUT2D eigenvalue weighted by atomic mass is 16.3. The minimum Gasteiger partial charge on any atom is -0.391 e. The molecule has 0 saturated carbocycles. The van der Waals surface area contributed by atoms with Gasteiger partial charge < -0.3 is 10.0 Å². The Labute approximate surface area is 68.7 Å². The average Bonchev–Trinajstić information content (AvgIpc) is 1.98. The first kappa shape index (κ1) is 10.4. The molecule has 0 radical (unpaired) electrons. The Hall–Kier alpha value is -0.570. The van der Waals surface area contributed by atoms with Crippen molar-refractivity contribution in [2.24, 2.45) is 4.99 Å². The second-order valence-electron chi connectivity index (χ2n) is 2.76. The lowest BCUT2D eigenvalue weighted by Crippen LogP contribution is -2.36. The third-order valence-electron chi connectivity index (χ3n) is 1.79. The number of likely N-dealkylation sites (N-methyl/N-ethyl adjacent to an activating group) is 1. The van der Waals surface area contributed by atoms with Crippen molar-refractivity contribution in [3.63, 3.8) is 0 Å². The highest BCUT2D eigenvalue weighted by Gasteiger charge is 2.10. The molecular formula is C8H18N2O. The van der Waals surface area contributed by atoms with Crippen molar-refractivity contribution in [2.45, 2.75) is 32.9 Å². The minimum atomic E-state index is -0.316. The van der Waals surface area contributed by atoms with E-state index in [4.69, 9.17) is 0 Å². The summed E-state index contributed by atoms with van der Waals surface area (Å²) >= 11 is 0. The van der Waals surface area contributed by atoms with E-state index >= 15 is 0 Å². The molecule has 0 rings (SSSR count). The molecule has 0 aliphatic heterocycles. The number of aliphatic hydroxyl groups excluding tert-OH is 1. The average molecular weight is 158 g/mol. The van der Waals surface area contributed by atoms with Gasteiger partial charge in [0.25, 0.3) is 0 Å². The molecule has 3 nitrogen and oxygen atoms in total. The summed E-state index contributed by atoms with van der Waals surface area (Å²) in [7, 11) is 1.91. The van der Waals surface area contributed by atoms with Gasteiger partial charge in [-0.05, 0) is 20.8 Å². The zero-order valence-corrected chi connectivity index (χ0v) is 7.78. The summed E-state index contributed by atoms with van der Waals surface area (Å²) in [6.07, 6.45) is 1.44. The Kier molecular flexibility index (Phi) is 4.86. The van der Waals surface area contributed by atoms with Gasteiger partial charge in [0.2, 0.25) is 0 Å². The third-order valence-corrected chi connectivity index (χ3v) is 1.79. The number of rotatable bonds is 4. The molecule has 0 aromatic rings. The summed E-state index contributed by atoms with van der Waals surface area (Å²) in [6.45, 7) is 6.52. The lowest BCUT2D eigenvalue weighted by Gasteiger charge is -2.24. The fourth-order valence-corrected chi connectivity index (χ4v) is 0.656. The van der Waals surface area contributed by atoms with Crippen LogP contribution in [0.3, 0.4) is 0 Å². The number of aliphatic hydroxyl groups is 1. The van der Waals surface area contributed by atoms with Crippen molar-refractivity contribution in [2.75, 3.05) is 13.6 Å². The minimum absolute atomic E-state index is 0.130. The maximum atomic E-state index is 9.19. The van der Waals surface area contributed by atoms with Gasteiger partial charge in [-0.1, -0.05) is 0 Å². The van der Waals surface area contributed by atoms with Gasteiger partial charge in [-0.15, -0.1) is 0 Å². The van der Waals surface area contributed by atoms with Crippen LogP contribution in [0.2, 0.25) is 0 Å². The second-order valence-corrected chi connectivity index (χ2v) is 2.76. The van der Waals surface area contributed by atoms with Crippen LogP contribution in [0.15, 0.2) is 4.99 Å². The van der Waals surface area contributed by atoms with Crippen LogP contribution >= 0.6 is 0 Å². The molecule has 0 heterocycles. The Bertz CT molecular complexity index is 123. The molecule has 0 aromatic carbocycles. The monoisotopic (exact) mass is 158 g/mol. The van der Waals surface area contributed by atoms with Gasteiger partial charge in [0.15, 0.2) is 0 Å². The standard InChI is InChI=1S/C8H18N2O/c1-5-9-6-10(4)7(2)8(3)11/h6-8,11H,5H2,1-4H3/b9-6-/t7-,8?/m1/s1. The lowest BCUT2D eigenvalue weighted by molar-refractivity contribution is 0.121. The zero-order valence-electron chi connectivity index (χ0n) is 7.78. The molecule has 0 amide bonds. The van der Waals surface area contributed by atoms with Crippen molar-refractivity contribution < 1.29 is 5.11 Å². The predicted molar refractivity (Wildman–Crippen MR) is 47.9 cm³/mol. The largest absolute Gasteiger partial charge is 0.391 e. The number of hydrogen-bond acceptors (Lipinski definition) is 2. The summed E-state index contributed by atoms with van der Waals surface area (Å²) < 4.78 is 0. The van der Waals surface area contributed by atoms with Gasteiger partial charge in [-0.3, -0.25) is 4.99 Å². The Morgan fingerprint density at radius 3 is 2.45 bits per heavy atom. The predicted octanol–water partition coefficient (Wildman–Crippen LogP) is 0.736. The molecule has 11 heavy (non-hydrogen) atoms. The molecule has 0 aliphatic rings. The van der Waals surface area contributed by atoms with Crippen molar-refractivity contribution in [1.29, 1.82) is 0 Å². The highest BCUT2D eigenvalue weighted by Crippen LogP contribution is 1.97. The second kappa shape index (κ2) is 5.13. The van der Waals surface area contributed by atoms with Crippen LogP contribution in [0.5, 0.6) is 0 Å². The zero-order chi connectivity index (χ0) is 8.85. The molecule has 0 spiro atoms. The molecule has 0 aromatic heterocycles. The van der Waals surface area contributed by atoms with Crippen LogP contribution in [0.4, 0.5) is 0 Å². The Morgan fingerprint density at radius 1 is 1.55 bits per heavy atom. The molecule has 3 heteroatoms. The van der Waals surface area contributed by atoms with E-state index in [1.165, 1.54) is 0 Å². The van der Waals surface area contributed by atoms with E-state index in [9.17, 15) is 5.11 Å². The van der Waals surface area contributed by atoms with Crippen LogP contribution in [-0.2, 0) is 0 Å². The number of hydrogen-bond donors (Lipinski definition) is 1. The Morgan fingerprint density at radius 2 is 2.09 bits per heavy atom. The summed E-state index contributed by atoms with van der Waals surface area (Å²) in [6, 6.07) is 0.130. The summed E-state index contributed by atoms with van der Waals surface area (Å²) in [5, 5.41) is 9.19. The van der Waals surface area contributed by atoms with Crippen LogP contribution in [0.25, 0.3) is 0 Å². The van der Waals surface area contributed by atoms with E-state index in [0.717, 1.165) is 6.54 Å². The third kappa shape index (κ3) is 3.98.